The van der Waals surface area contributed by atoms with Gasteiger partial charge in [0.25, 0.3) is 0 Å². The maximum atomic E-state index is 13.6. The molecule has 0 bridgehead atoms. The third-order valence-electron chi connectivity index (χ3n) is 2.82. The van der Waals surface area contributed by atoms with Gasteiger partial charge >= 0.3 is 0 Å². The van der Waals surface area contributed by atoms with E-state index in [9.17, 15) is 9.18 Å². The van der Waals surface area contributed by atoms with Crippen LogP contribution in [0.25, 0.3) is 0 Å². The zero-order valence-electron chi connectivity index (χ0n) is 11.0. The molecule has 0 aliphatic rings. The van der Waals surface area contributed by atoms with Crippen LogP contribution in [0, 0.1) is 12.7 Å². The van der Waals surface area contributed by atoms with E-state index in [0.29, 0.717) is 5.75 Å². The lowest BCUT2D eigenvalue weighted by Crippen LogP contribution is -2.08. The molecule has 4 heteroatoms. The summed E-state index contributed by atoms with van der Waals surface area (Å²) in [6.07, 6.45) is 0.118. The third-order valence-corrected chi connectivity index (χ3v) is 3.05. The van der Waals surface area contributed by atoms with E-state index in [1.54, 1.807) is 0 Å². The van der Waals surface area contributed by atoms with Crippen LogP contribution in [0.1, 0.15) is 22.3 Å². The van der Waals surface area contributed by atoms with Gasteiger partial charge in [-0.1, -0.05) is 23.7 Å². The quantitative estimate of drug-likeness (QED) is 0.762. The van der Waals surface area contributed by atoms with Crippen molar-refractivity contribution in [2.75, 3.05) is 6.61 Å². The summed E-state index contributed by atoms with van der Waals surface area (Å²) in [5, 5.41) is 0.273. The summed E-state index contributed by atoms with van der Waals surface area (Å²) in [4.78, 5) is 11.9. The van der Waals surface area contributed by atoms with Crippen molar-refractivity contribution in [1.82, 2.24) is 0 Å². The SMILES string of the molecule is Cc1cccc(OCCC(=O)c2ccc(Cl)cc2F)c1. The highest BCUT2D eigenvalue weighted by molar-refractivity contribution is 6.30. The third kappa shape index (κ3) is 3.81. The van der Waals surface area contributed by atoms with Crippen molar-refractivity contribution in [3.63, 3.8) is 0 Å². The molecule has 0 aliphatic heterocycles. The topological polar surface area (TPSA) is 26.3 Å². The normalized spacial score (nSPS) is 10.3. The molecule has 0 amide bonds. The molecule has 2 rings (SSSR count). The number of halogens is 2. The van der Waals surface area contributed by atoms with Crippen molar-refractivity contribution in [2.45, 2.75) is 13.3 Å². The Morgan fingerprint density at radius 2 is 2.05 bits per heavy atom. The average molecular weight is 293 g/mol. The minimum Gasteiger partial charge on any atom is -0.493 e. The highest BCUT2D eigenvalue weighted by atomic mass is 35.5. The predicted octanol–water partition coefficient (Wildman–Crippen LogP) is 4.44. The van der Waals surface area contributed by atoms with E-state index in [1.807, 2.05) is 31.2 Å². The van der Waals surface area contributed by atoms with Gasteiger partial charge in [0.05, 0.1) is 12.2 Å². The van der Waals surface area contributed by atoms with E-state index >= 15 is 0 Å². The molecule has 2 aromatic rings. The molecular formula is C16H14ClFO2. The molecule has 0 radical (unpaired) electrons. The van der Waals surface area contributed by atoms with Crippen LogP contribution in [-0.4, -0.2) is 12.4 Å². The molecule has 20 heavy (non-hydrogen) atoms. The fourth-order valence-corrected chi connectivity index (χ4v) is 1.98. The summed E-state index contributed by atoms with van der Waals surface area (Å²) in [5.74, 6) is -0.195. The highest BCUT2D eigenvalue weighted by Crippen LogP contribution is 2.17. The number of hydrogen-bond acceptors (Lipinski definition) is 2. The van der Waals surface area contributed by atoms with Crippen molar-refractivity contribution >= 4 is 17.4 Å². The van der Waals surface area contributed by atoms with E-state index in [2.05, 4.69) is 0 Å². The lowest BCUT2D eigenvalue weighted by Gasteiger charge is -2.07. The first kappa shape index (κ1) is 14.5. The van der Waals surface area contributed by atoms with Crippen molar-refractivity contribution < 1.29 is 13.9 Å². The Labute approximate surface area is 122 Å². The predicted molar refractivity (Wildman–Crippen MR) is 77.0 cm³/mol. The minimum atomic E-state index is -0.599. The molecule has 0 saturated heterocycles. The number of aryl methyl sites for hydroxylation is 1. The van der Waals surface area contributed by atoms with E-state index in [1.165, 1.54) is 12.1 Å². The van der Waals surface area contributed by atoms with Crippen LogP contribution in [0.2, 0.25) is 5.02 Å². The van der Waals surface area contributed by atoms with Gasteiger partial charge in [-0.3, -0.25) is 4.79 Å². The molecule has 2 aromatic carbocycles. The lowest BCUT2D eigenvalue weighted by atomic mass is 10.1. The zero-order chi connectivity index (χ0) is 14.5. The van der Waals surface area contributed by atoms with Crippen molar-refractivity contribution in [2.24, 2.45) is 0 Å². The second-order valence-electron chi connectivity index (χ2n) is 4.46. The summed E-state index contributed by atoms with van der Waals surface area (Å²) >= 11 is 5.64. The second kappa shape index (κ2) is 6.53. The average Bonchev–Trinajstić information content (AvgIpc) is 2.38. The Kier molecular flexibility index (Phi) is 4.74. The fourth-order valence-electron chi connectivity index (χ4n) is 1.82. The maximum Gasteiger partial charge on any atom is 0.169 e. The molecule has 0 spiro atoms. The molecule has 104 valence electrons. The van der Waals surface area contributed by atoms with Gasteiger partial charge < -0.3 is 4.74 Å². The maximum absolute atomic E-state index is 13.6. The standard InChI is InChI=1S/C16H14ClFO2/c1-11-3-2-4-13(9-11)20-8-7-16(19)14-6-5-12(17)10-15(14)18/h2-6,9-10H,7-8H2,1H3. The van der Waals surface area contributed by atoms with Gasteiger partial charge in [-0.25, -0.2) is 4.39 Å². The zero-order valence-corrected chi connectivity index (χ0v) is 11.8. The van der Waals surface area contributed by atoms with E-state index < -0.39 is 5.82 Å². The van der Waals surface area contributed by atoms with Gasteiger partial charge in [-0.05, 0) is 42.8 Å². The molecule has 2 nitrogen and oxygen atoms in total. The van der Waals surface area contributed by atoms with Crippen molar-refractivity contribution in [1.29, 1.82) is 0 Å². The molecule has 0 N–H and O–H groups in total. The van der Waals surface area contributed by atoms with Gasteiger partial charge in [-0.2, -0.15) is 0 Å². The van der Waals surface area contributed by atoms with Crippen LogP contribution in [0.3, 0.4) is 0 Å². The number of hydrogen-bond donors (Lipinski definition) is 0. The van der Waals surface area contributed by atoms with Gasteiger partial charge in [0.15, 0.2) is 5.78 Å². The minimum absolute atomic E-state index is 0.0437. The Morgan fingerprint density at radius 1 is 1.25 bits per heavy atom. The molecular weight excluding hydrogens is 279 g/mol. The number of ether oxygens (including phenoxy) is 1. The largest absolute Gasteiger partial charge is 0.493 e. The summed E-state index contributed by atoms with van der Waals surface area (Å²) in [6.45, 7) is 2.17. The Bertz CT molecular complexity index is 626. The summed E-state index contributed by atoms with van der Waals surface area (Å²) in [5.41, 5.74) is 1.12. The van der Waals surface area contributed by atoms with Gasteiger partial charge in [-0.15, -0.1) is 0 Å². The number of benzene rings is 2. The van der Waals surface area contributed by atoms with Gasteiger partial charge in [0.2, 0.25) is 0 Å². The second-order valence-corrected chi connectivity index (χ2v) is 4.90. The Hall–Kier alpha value is -1.87. The molecule has 0 unspecified atom stereocenters. The number of Topliss-reactive ketones (excluding diaryl/α,β-unsaturated/α-hetero) is 1. The van der Waals surface area contributed by atoms with Crippen LogP contribution in [0.5, 0.6) is 5.75 Å². The summed E-state index contributed by atoms with van der Waals surface area (Å²) in [7, 11) is 0. The number of rotatable bonds is 5. The van der Waals surface area contributed by atoms with Crippen molar-refractivity contribution in [3.8, 4) is 5.75 Å². The molecule has 0 heterocycles. The van der Waals surface area contributed by atoms with Crippen LogP contribution in [0.15, 0.2) is 42.5 Å². The first-order valence-electron chi connectivity index (χ1n) is 6.24. The first-order valence-corrected chi connectivity index (χ1v) is 6.62. The van der Waals surface area contributed by atoms with Gasteiger partial charge in [0, 0.05) is 11.4 Å². The van der Waals surface area contributed by atoms with Crippen molar-refractivity contribution in [3.05, 3.63) is 64.4 Å². The Morgan fingerprint density at radius 3 is 2.75 bits per heavy atom. The van der Waals surface area contributed by atoms with Crippen LogP contribution >= 0.6 is 11.6 Å². The smallest absolute Gasteiger partial charge is 0.169 e. The van der Waals surface area contributed by atoms with Crippen LogP contribution in [0.4, 0.5) is 4.39 Å². The summed E-state index contributed by atoms with van der Waals surface area (Å²) < 4.78 is 19.0. The highest BCUT2D eigenvalue weighted by Gasteiger charge is 2.12. The number of ketones is 1. The Balaban J connectivity index is 1.92. The molecule has 0 aliphatic carbocycles. The summed E-state index contributed by atoms with van der Waals surface area (Å²) in [6, 6.07) is 11.6. The molecule has 0 aromatic heterocycles. The molecule has 0 atom stereocenters. The van der Waals surface area contributed by atoms with Crippen LogP contribution in [-0.2, 0) is 0 Å². The molecule has 0 saturated carbocycles. The van der Waals surface area contributed by atoms with E-state index in [0.717, 1.165) is 11.6 Å². The number of carbonyl (C=O) groups is 1. The lowest BCUT2D eigenvalue weighted by molar-refractivity contribution is 0.0958. The molecule has 0 fully saturated rings. The van der Waals surface area contributed by atoms with E-state index in [-0.39, 0.29) is 29.4 Å². The monoisotopic (exact) mass is 292 g/mol. The fraction of sp³-hybridized carbons (Fsp3) is 0.188. The van der Waals surface area contributed by atoms with Gasteiger partial charge in [0.1, 0.15) is 11.6 Å². The first-order chi connectivity index (χ1) is 9.56. The number of carbonyl (C=O) groups excluding carboxylic acids is 1. The van der Waals surface area contributed by atoms with E-state index in [4.69, 9.17) is 16.3 Å². The van der Waals surface area contributed by atoms with Crippen LogP contribution < -0.4 is 4.74 Å².